The quantitative estimate of drug-likeness (QED) is 0.517. The van der Waals surface area contributed by atoms with Crippen molar-refractivity contribution in [2.45, 2.75) is 23.8 Å². The smallest absolute Gasteiger partial charge is 0.325 e. The van der Waals surface area contributed by atoms with Gasteiger partial charge in [0.15, 0.2) is 0 Å². The van der Waals surface area contributed by atoms with Gasteiger partial charge in [0.05, 0.1) is 17.5 Å². The third-order valence-corrected chi connectivity index (χ3v) is 5.37. The minimum Gasteiger partial charge on any atom is -0.326 e. The van der Waals surface area contributed by atoms with Gasteiger partial charge in [-0.1, -0.05) is 42.5 Å². The molecule has 0 aromatic heterocycles. The molecule has 2 aromatic carbocycles. The summed E-state index contributed by atoms with van der Waals surface area (Å²) in [6, 6.07) is 17.6. The predicted octanol–water partition coefficient (Wildman–Crippen LogP) is 2.79. The second kappa shape index (κ2) is 9.75. The lowest BCUT2D eigenvalue weighted by Gasteiger charge is -2.14. The topological polar surface area (TPSA) is 102 Å². The van der Waals surface area contributed by atoms with Gasteiger partial charge in [-0.05, 0) is 30.5 Å². The first-order valence-corrected chi connectivity index (χ1v) is 10.1. The number of hydrogen-bond donors (Lipinski definition) is 2. The Hall–Kier alpha value is -3.31. The van der Waals surface area contributed by atoms with Crippen LogP contribution in [0.5, 0.6) is 0 Å². The number of amides is 4. The molecule has 1 saturated heterocycles. The average molecular weight is 408 g/mol. The summed E-state index contributed by atoms with van der Waals surface area (Å²) in [4.78, 5) is 38.8. The van der Waals surface area contributed by atoms with E-state index in [0.717, 1.165) is 15.4 Å². The van der Waals surface area contributed by atoms with E-state index < -0.39 is 23.9 Å². The maximum Gasteiger partial charge on any atom is 0.325 e. The summed E-state index contributed by atoms with van der Waals surface area (Å²) in [5.41, 5.74) is 1.63. The summed E-state index contributed by atoms with van der Waals surface area (Å²) in [6.07, 6.45) is 1.13. The first-order valence-electron chi connectivity index (χ1n) is 9.13. The molecule has 4 amide bonds. The number of nitrogens with zero attached hydrogens (tertiary/aromatic N) is 2. The van der Waals surface area contributed by atoms with E-state index in [1.54, 1.807) is 18.2 Å². The summed E-state index contributed by atoms with van der Waals surface area (Å²) in [5.74, 6) is -0.612. The third-order valence-electron chi connectivity index (χ3n) is 4.43. The lowest BCUT2D eigenvalue weighted by molar-refractivity contribution is -0.130. The Bertz CT molecular complexity index is 942. The highest BCUT2D eigenvalue weighted by molar-refractivity contribution is 7.99. The zero-order valence-corrected chi connectivity index (χ0v) is 16.4. The van der Waals surface area contributed by atoms with E-state index in [4.69, 9.17) is 5.26 Å². The van der Waals surface area contributed by atoms with Gasteiger partial charge in [-0.25, -0.2) is 4.79 Å². The van der Waals surface area contributed by atoms with Gasteiger partial charge in [-0.15, -0.1) is 11.8 Å². The van der Waals surface area contributed by atoms with E-state index >= 15 is 0 Å². The fraction of sp³-hybridized carbons (Fsp3) is 0.238. The van der Waals surface area contributed by atoms with E-state index in [9.17, 15) is 14.4 Å². The molecule has 7 nitrogen and oxygen atoms in total. The fourth-order valence-corrected chi connectivity index (χ4v) is 3.69. The number of aryl methyl sites for hydroxylation is 1. The van der Waals surface area contributed by atoms with Crippen molar-refractivity contribution in [3.63, 3.8) is 0 Å². The Morgan fingerprint density at radius 1 is 1.14 bits per heavy atom. The lowest BCUT2D eigenvalue weighted by atomic mass is 10.1. The van der Waals surface area contributed by atoms with Crippen molar-refractivity contribution in [3.8, 4) is 6.07 Å². The number of urea groups is 1. The predicted molar refractivity (Wildman–Crippen MR) is 110 cm³/mol. The minimum absolute atomic E-state index is 0.253. The molecule has 0 bridgehead atoms. The van der Waals surface area contributed by atoms with E-state index in [1.165, 1.54) is 11.8 Å². The van der Waals surface area contributed by atoms with Crippen LogP contribution in [0.1, 0.15) is 12.0 Å². The molecule has 3 rings (SSSR count). The molecule has 29 heavy (non-hydrogen) atoms. The van der Waals surface area contributed by atoms with Crippen LogP contribution in [-0.2, 0) is 16.0 Å². The molecule has 2 aromatic rings. The van der Waals surface area contributed by atoms with Crippen molar-refractivity contribution in [2.75, 3.05) is 17.6 Å². The largest absolute Gasteiger partial charge is 0.326 e. The van der Waals surface area contributed by atoms with Crippen LogP contribution in [0.15, 0.2) is 59.5 Å². The number of hydrogen-bond acceptors (Lipinski definition) is 5. The Labute approximate surface area is 173 Å². The van der Waals surface area contributed by atoms with Crippen LogP contribution in [0.4, 0.5) is 10.5 Å². The normalized spacial score (nSPS) is 15.7. The summed E-state index contributed by atoms with van der Waals surface area (Å²) in [5, 5.41) is 14.1. The van der Waals surface area contributed by atoms with E-state index in [2.05, 4.69) is 10.6 Å². The number of thioether (sulfide) groups is 1. The molecule has 1 aliphatic rings. The highest BCUT2D eigenvalue weighted by Gasteiger charge is 2.38. The molecule has 0 spiro atoms. The van der Waals surface area contributed by atoms with Gasteiger partial charge in [0.25, 0.3) is 5.91 Å². The third kappa shape index (κ3) is 5.36. The lowest BCUT2D eigenvalue weighted by Crippen LogP contribution is -2.38. The molecular formula is C21H20N4O3S. The van der Waals surface area contributed by atoms with E-state index in [1.807, 2.05) is 42.5 Å². The number of rotatable bonds is 8. The zero-order chi connectivity index (χ0) is 20.6. The maximum atomic E-state index is 12.6. The Kier molecular flexibility index (Phi) is 6.87. The van der Waals surface area contributed by atoms with Gasteiger partial charge in [0.2, 0.25) is 5.91 Å². The van der Waals surface area contributed by atoms with Gasteiger partial charge in [-0.2, -0.15) is 5.26 Å². The van der Waals surface area contributed by atoms with Gasteiger partial charge < -0.3 is 10.6 Å². The van der Waals surface area contributed by atoms with E-state index in [0.29, 0.717) is 18.5 Å². The van der Waals surface area contributed by atoms with Crippen molar-refractivity contribution in [2.24, 2.45) is 0 Å². The highest BCUT2D eigenvalue weighted by Crippen LogP contribution is 2.26. The Morgan fingerprint density at radius 2 is 1.86 bits per heavy atom. The van der Waals surface area contributed by atoms with Crippen LogP contribution in [0, 0.1) is 11.3 Å². The number of nitrogens with one attached hydrogen (secondary N) is 2. The fourth-order valence-electron chi connectivity index (χ4n) is 3.02. The molecule has 0 saturated carbocycles. The second-order valence-electron chi connectivity index (χ2n) is 6.44. The number of para-hydroxylation sites is 1. The van der Waals surface area contributed by atoms with E-state index in [-0.39, 0.29) is 12.3 Å². The number of nitriles is 1. The number of benzene rings is 2. The Balaban J connectivity index is 1.57. The molecule has 1 atom stereocenters. The van der Waals surface area contributed by atoms with Crippen molar-refractivity contribution >= 4 is 35.3 Å². The summed E-state index contributed by atoms with van der Waals surface area (Å²) >= 11 is 1.30. The number of imide groups is 1. The van der Waals surface area contributed by atoms with Gasteiger partial charge >= 0.3 is 6.03 Å². The number of carbonyl (C=O) groups excluding carboxylic acids is 3. The molecule has 0 radical (unpaired) electrons. The molecule has 1 fully saturated rings. The standard InChI is InChI=1S/C21H20N4O3S/c22-12-13-29-18-9-5-4-8-16(18)23-19(26)14-25-20(27)17(24-21(25)28)11-10-15-6-2-1-3-7-15/h1-9,17H,10-11,13-14H2,(H,23,26)(H,24,28)/t17-/m1/s1. The van der Waals surface area contributed by atoms with Crippen molar-refractivity contribution < 1.29 is 14.4 Å². The Morgan fingerprint density at radius 3 is 2.62 bits per heavy atom. The van der Waals surface area contributed by atoms with Crippen LogP contribution >= 0.6 is 11.8 Å². The average Bonchev–Trinajstić information content (AvgIpc) is 3.00. The van der Waals surface area contributed by atoms with Gasteiger partial charge in [-0.3, -0.25) is 14.5 Å². The molecular weight excluding hydrogens is 388 g/mol. The summed E-state index contributed by atoms with van der Waals surface area (Å²) in [6.45, 7) is -0.357. The highest BCUT2D eigenvalue weighted by atomic mass is 32.2. The molecule has 8 heteroatoms. The van der Waals surface area contributed by atoms with Crippen LogP contribution in [0.25, 0.3) is 0 Å². The number of carbonyl (C=O) groups is 3. The maximum absolute atomic E-state index is 12.6. The molecule has 2 N–H and O–H groups in total. The zero-order valence-electron chi connectivity index (χ0n) is 15.6. The molecule has 0 aliphatic carbocycles. The monoisotopic (exact) mass is 408 g/mol. The molecule has 1 heterocycles. The number of anilines is 1. The summed E-state index contributed by atoms with van der Waals surface area (Å²) < 4.78 is 0. The van der Waals surface area contributed by atoms with Crippen molar-refractivity contribution in [3.05, 3.63) is 60.2 Å². The summed E-state index contributed by atoms with van der Waals surface area (Å²) in [7, 11) is 0. The van der Waals surface area contributed by atoms with Crippen LogP contribution < -0.4 is 10.6 Å². The first-order chi connectivity index (χ1) is 14.1. The second-order valence-corrected chi connectivity index (χ2v) is 7.46. The van der Waals surface area contributed by atoms with Crippen LogP contribution in [0.3, 0.4) is 0 Å². The molecule has 0 unspecified atom stereocenters. The van der Waals surface area contributed by atoms with Crippen molar-refractivity contribution in [1.29, 1.82) is 5.26 Å². The van der Waals surface area contributed by atoms with Crippen LogP contribution in [-0.4, -0.2) is 41.1 Å². The molecule has 148 valence electrons. The van der Waals surface area contributed by atoms with Gasteiger partial charge in [0.1, 0.15) is 12.6 Å². The SMILES string of the molecule is N#CCSc1ccccc1NC(=O)CN1C(=O)N[C@H](CCc2ccccc2)C1=O. The minimum atomic E-state index is -0.631. The van der Waals surface area contributed by atoms with Gasteiger partial charge in [0, 0.05) is 4.90 Å². The first kappa shape index (κ1) is 20.4. The van der Waals surface area contributed by atoms with Crippen molar-refractivity contribution in [1.82, 2.24) is 10.2 Å². The molecule has 1 aliphatic heterocycles. The van der Waals surface area contributed by atoms with Crippen LogP contribution in [0.2, 0.25) is 0 Å².